The third kappa shape index (κ3) is 23.5. The second-order valence-corrected chi connectivity index (χ2v) is 34.3. The maximum Gasteiger partial charge on any atom is 0.362 e. The molecule has 0 unspecified atom stereocenters. The van der Waals surface area contributed by atoms with Crippen LogP contribution in [-0.2, 0) is 89.1 Å². The van der Waals surface area contributed by atoms with Crippen molar-refractivity contribution in [3.63, 3.8) is 0 Å². The highest BCUT2D eigenvalue weighted by atomic mass is 32.2. The lowest BCUT2D eigenvalue weighted by molar-refractivity contribution is -0.139. The van der Waals surface area contributed by atoms with Gasteiger partial charge in [-0.2, -0.15) is 20.2 Å². The molecular formula is C77H105N17O19S3. The molecule has 2 aliphatic rings. The zero-order valence-corrected chi connectivity index (χ0v) is 69.3. The van der Waals surface area contributed by atoms with Crippen molar-refractivity contribution < 1.29 is 88.6 Å². The molecule has 39 heteroatoms. The molecule has 11 atom stereocenters. The van der Waals surface area contributed by atoms with E-state index in [-0.39, 0.29) is 54.1 Å². The van der Waals surface area contributed by atoms with Crippen LogP contribution in [0, 0.1) is 26.7 Å². The van der Waals surface area contributed by atoms with Gasteiger partial charge in [-0.1, -0.05) is 105 Å². The van der Waals surface area contributed by atoms with Crippen LogP contribution in [0.15, 0.2) is 114 Å². The number of aromatic nitrogens is 4. The highest BCUT2D eigenvalue weighted by molar-refractivity contribution is 7.98. The SMILES string of the molecule is CSCC[C@H](NC=O)C(=O)N[C@@H](CCCN=C(N)NS(=O)(=O)c1c(C)c(C)c2c(c1C)CC(C)(C)O2)C(=O)N[C@H](C(=O)NCC(=O)N[C@@H](CC(=O)NC(c1ccccc1)(c1ccccc1)c1ccccc1)C(=O)N[C@@H](C)C(=O)N[C@@H](CC(C)C)C(=O)NS(=O)(=O)OC[C@H]1O[C@@H](n2cnc3c(N)ncnc32)[C@H](O)[C@@H]1O)[C@@H](C)OC(C)(C)C. The Kier molecular flexibility index (Phi) is 31.0. The number of nitrogen functional groups attached to an aromatic ring is 1. The fraction of sp³-hybridized carbons (Fsp3) is 0.494. The topological polar surface area (TPSA) is 528 Å². The molecule has 1 fully saturated rings. The van der Waals surface area contributed by atoms with Crippen LogP contribution in [0.5, 0.6) is 5.75 Å². The van der Waals surface area contributed by atoms with E-state index in [1.165, 1.54) is 36.5 Å². The van der Waals surface area contributed by atoms with Gasteiger partial charge in [0.05, 0.1) is 42.5 Å². The lowest BCUT2D eigenvalue weighted by Crippen LogP contribution is -2.60. The number of nitrogens with one attached hydrogen (secondary N) is 10. The van der Waals surface area contributed by atoms with E-state index >= 15 is 4.79 Å². The minimum atomic E-state index is -5.07. The van der Waals surface area contributed by atoms with Gasteiger partial charge in [-0.15, -0.1) is 0 Å². The first-order valence-electron chi connectivity index (χ1n) is 37.5. The largest absolute Gasteiger partial charge is 0.487 e. The summed E-state index contributed by atoms with van der Waals surface area (Å²) in [6.07, 6.45) is -3.66. The Balaban J connectivity index is 1.01. The predicted molar refractivity (Wildman–Crippen MR) is 430 cm³/mol. The van der Waals surface area contributed by atoms with Crippen molar-refractivity contribution in [1.29, 1.82) is 0 Å². The standard InChI is InChI=1S/C77H105N17O19S3/c1-42(2)34-54(71(104)92-116(108,109)110-38-56-61(98)62(99)73(111-56)94-40-84-60-65(78)82-39-83-66(60)94)89-67(100)46(6)86-70(103)55(35-57(96)91-77(48-24-17-14-18-25-48,49-26-19-15-20-27-49)50-28-21-16-22-29-50)87-58(97)37-81-72(105)59(47(7)112-75(8,9)10)90-69(102)53(88-68(101)52(85-41-95)31-33-114-13)30-23-32-80-74(79)93-115(106,107)64-44(4)43(3)63-51(45(64)5)36-76(11,12)113-63/h14-22,24-29,39-42,46-47,52-56,59,61-62,73,98-99H,23,30-38H2,1-13H3,(H,81,105)(H,85,95)(H,86,103)(H,87,97)(H,88,101)(H,89,100)(H,90,102)(H,91,96)(H,92,104)(H2,78,82,83)(H3,79,80,93)/t46-,47+,52-,53-,54-,55-,56+,59-,61+,62+,73+/m0/s1. The molecule has 0 radical (unpaired) electrons. The average Bonchev–Trinajstić information content (AvgIpc) is 1.64. The molecule has 2 aliphatic heterocycles. The van der Waals surface area contributed by atoms with Gasteiger partial charge in [0.1, 0.15) is 83.3 Å². The van der Waals surface area contributed by atoms with Crippen molar-refractivity contribution in [3.8, 4) is 5.75 Å². The number of sulfonamides is 1. The van der Waals surface area contributed by atoms with Crippen LogP contribution in [0.25, 0.3) is 11.2 Å². The van der Waals surface area contributed by atoms with Crippen molar-refractivity contribution in [2.75, 3.05) is 37.4 Å². The van der Waals surface area contributed by atoms with E-state index in [9.17, 15) is 65.4 Å². The minimum absolute atomic E-state index is 0.0127. The predicted octanol–water partition coefficient (Wildman–Crippen LogP) is 1.29. The first-order valence-corrected chi connectivity index (χ1v) is 41.8. The molecule has 0 bridgehead atoms. The average molecular weight is 1670 g/mol. The van der Waals surface area contributed by atoms with Crippen LogP contribution in [0.2, 0.25) is 0 Å². The number of nitrogens with zero attached hydrogens (tertiary/aromatic N) is 5. The summed E-state index contributed by atoms with van der Waals surface area (Å²) in [5.74, 6) is -8.00. The van der Waals surface area contributed by atoms with E-state index < -0.39 is 183 Å². The van der Waals surface area contributed by atoms with Crippen molar-refractivity contribution >= 4 is 109 Å². The number of amides is 9. The molecule has 4 heterocycles. The van der Waals surface area contributed by atoms with Gasteiger partial charge in [0.2, 0.25) is 53.7 Å². The van der Waals surface area contributed by atoms with Crippen LogP contribution in [-0.4, -0.2) is 210 Å². The Labute approximate surface area is 677 Å². The molecule has 36 nitrogen and oxygen atoms in total. The second kappa shape index (κ2) is 39.5. The number of ether oxygens (including phenoxy) is 3. The van der Waals surface area contributed by atoms with E-state index in [4.69, 9.17) is 29.9 Å². The first-order chi connectivity index (χ1) is 54.6. The summed E-state index contributed by atoms with van der Waals surface area (Å²) in [4.78, 5) is 144. The fourth-order valence-corrected chi connectivity index (χ4v) is 16.4. The normalized spacial score (nSPS) is 18.0. The number of fused-ring (bicyclic) bond motifs is 2. The molecule has 0 aliphatic carbocycles. The van der Waals surface area contributed by atoms with Gasteiger partial charge in [0.15, 0.2) is 17.7 Å². The quantitative estimate of drug-likeness (QED) is 0.00850. The summed E-state index contributed by atoms with van der Waals surface area (Å²) >= 11 is 1.39. The van der Waals surface area contributed by atoms with Gasteiger partial charge >= 0.3 is 10.3 Å². The van der Waals surface area contributed by atoms with Crippen LogP contribution >= 0.6 is 11.8 Å². The van der Waals surface area contributed by atoms with E-state index in [2.05, 4.69) is 67.2 Å². The number of benzene rings is 4. The van der Waals surface area contributed by atoms with E-state index in [0.717, 1.165) is 11.9 Å². The minimum Gasteiger partial charge on any atom is -0.487 e. The Morgan fingerprint density at radius 2 is 1.32 bits per heavy atom. The number of hydrogen-bond donors (Lipinski definition) is 14. The van der Waals surface area contributed by atoms with Gasteiger partial charge in [-0.3, -0.25) is 56.9 Å². The number of aliphatic hydroxyl groups is 2. The van der Waals surface area contributed by atoms with E-state index in [1.807, 2.05) is 13.8 Å². The summed E-state index contributed by atoms with van der Waals surface area (Å²) in [6.45, 7) is 17.9. The molecule has 0 spiro atoms. The third-order valence-corrected chi connectivity index (χ3v) is 22.4. The number of carbonyl (C=O) groups is 9. The number of thioether (sulfide) groups is 1. The van der Waals surface area contributed by atoms with Gasteiger partial charge in [-0.05, 0) is 146 Å². The molecule has 8 rings (SSSR count). The molecule has 16 N–H and O–H groups in total. The summed E-state index contributed by atoms with van der Waals surface area (Å²) in [7, 11) is -9.40. The highest BCUT2D eigenvalue weighted by Gasteiger charge is 2.47. The lowest BCUT2D eigenvalue weighted by Gasteiger charge is -2.37. The van der Waals surface area contributed by atoms with Crippen LogP contribution in [0.1, 0.15) is 140 Å². The van der Waals surface area contributed by atoms with Gasteiger partial charge in [-0.25, -0.2) is 32.8 Å². The summed E-state index contributed by atoms with van der Waals surface area (Å²) in [5, 5.41) is 42.7. The molecule has 630 valence electrons. The molecule has 9 amide bonds. The highest BCUT2D eigenvalue weighted by Crippen LogP contribution is 2.44. The molecule has 6 aromatic rings. The summed E-state index contributed by atoms with van der Waals surface area (Å²) in [6, 6.07) is 17.3. The summed E-state index contributed by atoms with van der Waals surface area (Å²) in [5.41, 5.74) is 13.5. The second-order valence-electron chi connectivity index (χ2n) is 30.4. The number of imidazole rings is 1. The van der Waals surface area contributed by atoms with Gasteiger partial charge < -0.3 is 78.4 Å². The molecule has 0 saturated carbocycles. The van der Waals surface area contributed by atoms with E-state index in [1.54, 1.807) is 157 Å². The number of carbonyl (C=O) groups excluding carboxylic acids is 9. The molecule has 4 aromatic carbocycles. The van der Waals surface area contributed by atoms with Crippen molar-refractivity contribution in [3.05, 3.63) is 143 Å². The number of anilines is 1. The van der Waals surface area contributed by atoms with Crippen LogP contribution in [0.4, 0.5) is 5.82 Å². The Hall–Kier alpha value is -10.4. The van der Waals surface area contributed by atoms with Crippen LogP contribution < -0.4 is 68.2 Å². The summed E-state index contributed by atoms with van der Waals surface area (Å²) < 4.78 is 83.5. The lowest BCUT2D eigenvalue weighted by atomic mass is 9.77. The zero-order valence-electron chi connectivity index (χ0n) is 66.8. The van der Waals surface area contributed by atoms with Crippen LogP contribution in [0.3, 0.4) is 0 Å². The monoisotopic (exact) mass is 1670 g/mol. The Bertz CT molecular complexity index is 4690. The molecule has 2 aromatic heterocycles. The fourth-order valence-electron chi connectivity index (χ4n) is 13.7. The maximum atomic E-state index is 15.1. The smallest absolute Gasteiger partial charge is 0.362 e. The Morgan fingerprint density at radius 3 is 1.91 bits per heavy atom. The molecular weight excluding hydrogens is 1560 g/mol. The number of nitrogens with two attached hydrogens (primary N) is 2. The Morgan fingerprint density at radius 1 is 0.724 bits per heavy atom. The zero-order chi connectivity index (χ0) is 85.4. The number of aliphatic hydroxyl groups excluding tert-OH is 2. The van der Waals surface area contributed by atoms with E-state index in [0.29, 0.717) is 57.7 Å². The van der Waals surface area contributed by atoms with Crippen molar-refractivity contribution in [2.24, 2.45) is 16.6 Å². The number of hydrogen-bond acceptors (Lipinski definition) is 25. The van der Waals surface area contributed by atoms with Gasteiger partial charge in [0.25, 0.3) is 15.9 Å². The molecule has 1 saturated heterocycles. The first kappa shape index (κ1) is 91.1. The van der Waals surface area contributed by atoms with Gasteiger partial charge in [0, 0.05) is 18.5 Å². The number of rotatable bonds is 39. The van der Waals surface area contributed by atoms with Crippen molar-refractivity contribution in [1.82, 2.24) is 71.5 Å². The molecule has 116 heavy (non-hydrogen) atoms. The number of aliphatic imine (C=N–C) groups is 1. The third-order valence-electron chi connectivity index (χ3n) is 19.3. The maximum absolute atomic E-state index is 15.1. The van der Waals surface area contributed by atoms with Crippen molar-refractivity contribution in [2.45, 2.75) is 210 Å². The number of guanidine groups is 1.